The largest absolute Gasteiger partial charge is 0.513 e. The van der Waals surface area contributed by atoms with Crippen molar-refractivity contribution in [1.29, 1.82) is 0 Å². The van der Waals surface area contributed by atoms with Gasteiger partial charge < -0.3 is 13.8 Å². The molecule has 72 valence electrons. The second-order valence-corrected chi connectivity index (χ2v) is 6.87. The molecule has 0 aromatic carbocycles. The molecular formula is C5H11O4PS2. The number of thiol groups is 1. The van der Waals surface area contributed by atoms with Crippen LogP contribution in [0.15, 0.2) is 0 Å². The molecule has 0 bridgehead atoms. The van der Waals surface area contributed by atoms with Crippen LogP contribution in [0.4, 0.5) is 4.79 Å². The molecule has 12 heavy (non-hydrogen) atoms. The highest BCUT2D eigenvalue weighted by molar-refractivity contribution is 8.60. The molecule has 0 saturated heterocycles. The maximum absolute atomic E-state index is 10.7. The first kappa shape index (κ1) is 12.2. The van der Waals surface area contributed by atoms with E-state index in [0.717, 1.165) is 0 Å². The van der Waals surface area contributed by atoms with Crippen LogP contribution in [0.3, 0.4) is 0 Å². The van der Waals surface area contributed by atoms with Crippen molar-refractivity contribution < 1.29 is 18.6 Å². The summed E-state index contributed by atoms with van der Waals surface area (Å²) in [6, 6.07) is 0. The Labute approximate surface area is 81.9 Å². The Morgan fingerprint density at radius 1 is 1.50 bits per heavy atom. The van der Waals surface area contributed by atoms with Crippen LogP contribution in [-0.2, 0) is 25.6 Å². The van der Waals surface area contributed by atoms with Crippen molar-refractivity contribution in [3.8, 4) is 0 Å². The summed E-state index contributed by atoms with van der Waals surface area (Å²) in [6.45, 7) is 4.02. The lowest BCUT2D eigenvalue weighted by molar-refractivity contribution is 0.104. The highest BCUT2D eigenvalue weighted by Gasteiger charge is 2.18. The van der Waals surface area contributed by atoms with Gasteiger partial charge in [-0.2, -0.15) is 0 Å². The Bertz CT molecular complexity index is 196. The fraction of sp³-hybridized carbons (Fsp3) is 0.800. The molecule has 0 aliphatic carbocycles. The molecule has 1 atom stereocenters. The van der Waals surface area contributed by atoms with E-state index in [4.69, 9.17) is 16.3 Å². The molecule has 0 rings (SSSR count). The quantitative estimate of drug-likeness (QED) is 0.456. The van der Waals surface area contributed by atoms with Crippen LogP contribution in [0.1, 0.15) is 13.8 Å². The molecule has 4 nitrogen and oxygen atoms in total. The smallest absolute Gasteiger partial charge is 0.434 e. The van der Waals surface area contributed by atoms with Gasteiger partial charge in [-0.15, -0.1) is 0 Å². The zero-order chi connectivity index (χ0) is 9.61. The van der Waals surface area contributed by atoms with Gasteiger partial charge in [0.05, 0.1) is 13.2 Å². The maximum atomic E-state index is 10.7. The molecule has 0 aromatic heterocycles. The summed E-state index contributed by atoms with van der Waals surface area (Å²) in [5.41, 5.74) is -2.73. The van der Waals surface area contributed by atoms with E-state index in [1.807, 2.05) is 0 Å². The summed E-state index contributed by atoms with van der Waals surface area (Å²) in [4.78, 5) is 10.7. The fourth-order valence-corrected chi connectivity index (χ4v) is 2.09. The van der Waals surface area contributed by atoms with Crippen molar-refractivity contribution in [2.24, 2.45) is 0 Å². The van der Waals surface area contributed by atoms with Gasteiger partial charge in [-0.25, -0.2) is 4.79 Å². The standard InChI is InChI=1S/C5H11O4PS2/c1-3-7-5(6)9-10(11,12)8-4-2/h3-4H2,1-2H3,(H,11,12). The Hall–Kier alpha value is 0.230. The van der Waals surface area contributed by atoms with Crippen LogP contribution in [0.2, 0.25) is 0 Å². The minimum atomic E-state index is -2.73. The molecule has 0 amide bonds. The van der Waals surface area contributed by atoms with Crippen LogP contribution in [-0.4, -0.2) is 19.4 Å². The zero-order valence-electron chi connectivity index (χ0n) is 6.85. The molecule has 0 aromatic rings. The topological polar surface area (TPSA) is 44.8 Å². The van der Waals surface area contributed by atoms with Gasteiger partial charge in [-0.05, 0) is 25.7 Å². The van der Waals surface area contributed by atoms with Crippen molar-refractivity contribution >= 4 is 35.9 Å². The third-order valence-corrected chi connectivity index (χ3v) is 2.84. The van der Waals surface area contributed by atoms with E-state index in [1.54, 1.807) is 13.8 Å². The number of ether oxygens (including phenoxy) is 1. The number of rotatable bonds is 4. The molecule has 0 fully saturated rings. The van der Waals surface area contributed by atoms with E-state index in [9.17, 15) is 4.79 Å². The molecule has 0 aliphatic rings. The van der Waals surface area contributed by atoms with Crippen LogP contribution in [0.5, 0.6) is 0 Å². The van der Waals surface area contributed by atoms with Crippen molar-refractivity contribution in [3.63, 3.8) is 0 Å². The van der Waals surface area contributed by atoms with Crippen LogP contribution in [0, 0.1) is 0 Å². The van der Waals surface area contributed by atoms with Crippen molar-refractivity contribution in [2.75, 3.05) is 13.2 Å². The molecule has 1 unspecified atom stereocenters. The summed E-state index contributed by atoms with van der Waals surface area (Å²) in [5, 5.41) is 0. The van der Waals surface area contributed by atoms with Gasteiger partial charge in [-0.1, -0.05) is 12.2 Å². The lowest BCUT2D eigenvalue weighted by Crippen LogP contribution is -2.04. The first-order chi connectivity index (χ1) is 5.52. The van der Waals surface area contributed by atoms with Gasteiger partial charge in [-0.3, -0.25) is 0 Å². The molecule has 7 heteroatoms. The average Bonchev–Trinajstić information content (AvgIpc) is 1.85. The van der Waals surface area contributed by atoms with E-state index in [0.29, 0.717) is 6.61 Å². The first-order valence-electron chi connectivity index (χ1n) is 3.35. The van der Waals surface area contributed by atoms with Gasteiger partial charge in [0, 0.05) is 0 Å². The number of carbonyl (C=O) groups excluding carboxylic acids is 1. The lowest BCUT2D eigenvalue weighted by atomic mass is 10.9. The summed E-state index contributed by atoms with van der Waals surface area (Å²) in [7, 11) is 0. The second kappa shape index (κ2) is 5.80. The summed E-state index contributed by atoms with van der Waals surface area (Å²) in [5.74, 6) is 0. The highest BCUT2D eigenvalue weighted by atomic mass is 32.9. The fourth-order valence-electron chi connectivity index (χ4n) is 0.428. The summed E-state index contributed by atoms with van der Waals surface area (Å²) < 4.78 is 14.0. The predicted octanol–water partition coefficient (Wildman–Crippen LogP) is 2.35. The van der Waals surface area contributed by atoms with Crippen LogP contribution >= 0.6 is 17.9 Å². The molecule has 0 N–H and O–H groups in total. The van der Waals surface area contributed by atoms with E-state index < -0.39 is 11.8 Å². The normalized spacial score (nSPS) is 14.9. The third-order valence-electron chi connectivity index (χ3n) is 0.744. The zero-order valence-corrected chi connectivity index (χ0v) is 9.46. The monoisotopic (exact) mass is 230 g/mol. The van der Waals surface area contributed by atoms with Gasteiger partial charge in [0.1, 0.15) is 0 Å². The minimum Gasteiger partial charge on any atom is -0.434 e. The average molecular weight is 230 g/mol. The molecule has 0 aliphatic heterocycles. The molecular weight excluding hydrogens is 219 g/mol. The van der Waals surface area contributed by atoms with Crippen molar-refractivity contribution in [2.45, 2.75) is 13.8 Å². The number of hydrogen-bond donors (Lipinski definition) is 1. The first-order valence-corrected chi connectivity index (χ1v) is 7.14. The maximum Gasteiger partial charge on any atom is 0.513 e. The third kappa shape index (κ3) is 5.83. The van der Waals surface area contributed by atoms with Gasteiger partial charge >= 0.3 is 6.16 Å². The summed E-state index contributed by atoms with van der Waals surface area (Å²) in [6.07, 6.45) is -0.829. The van der Waals surface area contributed by atoms with Crippen LogP contribution in [0.25, 0.3) is 0 Å². The van der Waals surface area contributed by atoms with Gasteiger partial charge in [0.15, 0.2) is 0 Å². The molecule has 0 saturated carbocycles. The predicted molar refractivity (Wildman–Crippen MR) is 53.0 cm³/mol. The lowest BCUT2D eigenvalue weighted by Gasteiger charge is -2.13. The number of hydrogen-bond acceptors (Lipinski definition) is 5. The van der Waals surface area contributed by atoms with Gasteiger partial charge in [0.25, 0.3) is 5.69 Å². The number of carbonyl (C=O) groups is 1. The minimum absolute atomic E-state index is 0.244. The summed E-state index contributed by atoms with van der Waals surface area (Å²) >= 11 is 8.64. The Morgan fingerprint density at radius 3 is 2.50 bits per heavy atom. The Balaban J connectivity index is 3.88. The Morgan fingerprint density at radius 2 is 2.08 bits per heavy atom. The van der Waals surface area contributed by atoms with E-state index in [1.165, 1.54) is 0 Å². The van der Waals surface area contributed by atoms with E-state index in [2.05, 4.69) is 21.5 Å². The van der Waals surface area contributed by atoms with Crippen molar-refractivity contribution in [3.05, 3.63) is 0 Å². The van der Waals surface area contributed by atoms with Gasteiger partial charge in [0.2, 0.25) is 0 Å². The highest BCUT2D eigenvalue weighted by Crippen LogP contribution is 2.53. The molecule has 0 radical (unpaired) electrons. The van der Waals surface area contributed by atoms with E-state index in [-0.39, 0.29) is 6.61 Å². The Kier molecular flexibility index (Phi) is 5.92. The molecule has 0 heterocycles. The van der Waals surface area contributed by atoms with Crippen molar-refractivity contribution in [1.82, 2.24) is 0 Å². The molecule has 0 spiro atoms. The second-order valence-electron chi connectivity index (χ2n) is 1.66. The SMILES string of the molecule is CCOC(=O)OP(=S)(S)OCC. The van der Waals surface area contributed by atoms with Crippen LogP contribution < -0.4 is 0 Å². The van der Waals surface area contributed by atoms with E-state index >= 15 is 0 Å².